The van der Waals surface area contributed by atoms with E-state index in [4.69, 9.17) is 4.74 Å². The number of benzene rings is 1. The van der Waals surface area contributed by atoms with Gasteiger partial charge in [-0.2, -0.15) is 0 Å². The summed E-state index contributed by atoms with van der Waals surface area (Å²) in [5.41, 5.74) is 3.01. The second-order valence-corrected chi connectivity index (χ2v) is 4.55. The summed E-state index contributed by atoms with van der Waals surface area (Å²) in [5.74, 6) is 2.61. The molecule has 0 saturated carbocycles. The molecule has 0 N–H and O–H groups in total. The number of hydrogen-bond acceptors (Lipinski definition) is 1. The van der Waals surface area contributed by atoms with Gasteiger partial charge in [0.05, 0.1) is 7.11 Å². The second-order valence-electron chi connectivity index (χ2n) is 4.55. The van der Waals surface area contributed by atoms with Crippen LogP contribution in [-0.2, 0) is 12.8 Å². The minimum absolute atomic E-state index is 0.786. The van der Waals surface area contributed by atoms with E-state index < -0.39 is 0 Å². The Balaban J connectivity index is 0.000000659. The normalized spacial score (nSPS) is 16.1. The number of rotatable bonds is 2. The summed E-state index contributed by atoms with van der Waals surface area (Å²) in [4.78, 5) is 0. The molecule has 1 aromatic rings. The highest BCUT2D eigenvalue weighted by atomic mass is 16.5. The van der Waals surface area contributed by atoms with Crippen molar-refractivity contribution in [3.8, 4) is 5.75 Å². The summed E-state index contributed by atoms with van der Waals surface area (Å²) >= 11 is 0. The van der Waals surface area contributed by atoms with Crippen LogP contribution in [0.25, 0.3) is 0 Å². The summed E-state index contributed by atoms with van der Waals surface area (Å²) in [6.45, 7) is 12.6. The molecule has 18 heavy (non-hydrogen) atoms. The monoisotopic (exact) mass is 250 g/mol. The predicted octanol–water partition coefficient (Wildman–Crippen LogP) is 5.12. The van der Waals surface area contributed by atoms with Gasteiger partial charge in [-0.15, -0.1) is 0 Å². The first-order chi connectivity index (χ1) is 8.70. The van der Waals surface area contributed by atoms with Crippen molar-refractivity contribution in [1.82, 2.24) is 0 Å². The van der Waals surface area contributed by atoms with Crippen molar-refractivity contribution in [2.45, 2.75) is 54.4 Å². The van der Waals surface area contributed by atoms with E-state index in [9.17, 15) is 0 Å². The Morgan fingerprint density at radius 1 is 1.00 bits per heavy atom. The molecule has 0 bridgehead atoms. The molecule has 1 atom stereocenters. The van der Waals surface area contributed by atoms with Gasteiger partial charge in [0, 0.05) is 0 Å². The van der Waals surface area contributed by atoms with Crippen LogP contribution >= 0.6 is 0 Å². The van der Waals surface area contributed by atoms with Crippen molar-refractivity contribution < 1.29 is 4.74 Å². The van der Waals surface area contributed by atoms with Crippen LogP contribution in [0, 0.1) is 11.8 Å². The van der Waals surface area contributed by atoms with Gasteiger partial charge >= 0.3 is 0 Å². The molecule has 0 radical (unpaired) electrons. The van der Waals surface area contributed by atoms with Gasteiger partial charge in [-0.25, -0.2) is 0 Å². The summed E-state index contributed by atoms with van der Waals surface area (Å²) in [6, 6.07) is 6.48. The molecule has 0 aliphatic heterocycles. The maximum absolute atomic E-state index is 5.24. The van der Waals surface area contributed by atoms with Gasteiger partial charge in [0.25, 0.3) is 0 Å². The minimum atomic E-state index is 0.786. The highest BCUT2D eigenvalue weighted by Crippen LogP contribution is 2.33. The zero-order chi connectivity index (χ0) is 14.1. The Hall–Kier alpha value is -0.980. The molecule has 0 fully saturated rings. The number of hydrogen-bond donors (Lipinski definition) is 0. The van der Waals surface area contributed by atoms with Gasteiger partial charge in [-0.3, -0.25) is 0 Å². The molecule has 2 rings (SSSR count). The van der Waals surface area contributed by atoms with Crippen molar-refractivity contribution >= 4 is 0 Å². The van der Waals surface area contributed by atoms with Crippen molar-refractivity contribution in [3.63, 3.8) is 0 Å². The molecule has 1 aliphatic rings. The fourth-order valence-corrected chi connectivity index (χ4v) is 2.23. The summed E-state index contributed by atoms with van der Waals surface area (Å²) in [6.07, 6.45) is 2.47. The van der Waals surface area contributed by atoms with Crippen molar-refractivity contribution in [3.05, 3.63) is 29.3 Å². The van der Waals surface area contributed by atoms with Crippen molar-refractivity contribution in [2.75, 3.05) is 7.11 Å². The van der Waals surface area contributed by atoms with Gasteiger partial charge < -0.3 is 4.74 Å². The molecule has 0 amide bonds. The first-order valence-electron chi connectivity index (χ1n) is 7.36. The highest BCUT2D eigenvalue weighted by Gasteiger charge is 2.23. The largest absolute Gasteiger partial charge is 0.497 e. The van der Waals surface area contributed by atoms with E-state index in [1.807, 2.05) is 27.7 Å². The third kappa shape index (κ3) is 4.36. The molecule has 1 nitrogen and oxygen atoms in total. The second kappa shape index (κ2) is 9.02. The van der Waals surface area contributed by atoms with Crippen LogP contribution in [0.4, 0.5) is 0 Å². The molecule has 0 aromatic heterocycles. The molecule has 0 heterocycles. The smallest absolute Gasteiger partial charge is 0.119 e. The van der Waals surface area contributed by atoms with E-state index >= 15 is 0 Å². The molecule has 104 valence electrons. The molecular formula is C17H30O. The van der Waals surface area contributed by atoms with Crippen LogP contribution in [0.3, 0.4) is 0 Å². The summed E-state index contributed by atoms with van der Waals surface area (Å²) < 4.78 is 5.24. The van der Waals surface area contributed by atoms with Crippen LogP contribution in [0.15, 0.2) is 18.2 Å². The van der Waals surface area contributed by atoms with E-state index in [1.54, 1.807) is 7.11 Å². The minimum Gasteiger partial charge on any atom is -0.497 e. The first-order valence-corrected chi connectivity index (χ1v) is 7.36. The first kappa shape index (κ1) is 17.0. The zero-order valence-corrected chi connectivity index (χ0v) is 13.2. The van der Waals surface area contributed by atoms with Crippen molar-refractivity contribution in [2.24, 2.45) is 11.8 Å². The lowest BCUT2D eigenvalue weighted by Crippen LogP contribution is -2.07. The van der Waals surface area contributed by atoms with Gasteiger partial charge in [0.2, 0.25) is 0 Å². The Bertz CT molecular complexity index is 328. The van der Waals surface area contributed by atoms with E-state index in [2.05, 4.69) is 32.0 Å². The molecule has 1 heteroatoms. The van der Waals surface area contributed by atoms with Crippen LogP contribution in [0.2, 0.25) is 0 Å². The number of methoxy groups -OCH3 is 1. The standard InChI is InChI=1S/C13H18O.2C2H6/c1-9(2)11-6-10-4-5-13(14-3)8-12(10)7-11;2*1-2/h4-5,8-9,11H,6-7H2,1-3H3;2*1-2H3. The molecule has 1 unspecified atom stereocenters. The molecule has 1 aromatic carbocycles. The van der Waals surface area contributed by atoms with Crippen LogP contribution in [0.1, 0.15) is 52.7 Å². The fourth-order valence-electron chi connectivity index (χ4n) is 2.23. The molecular weight excluding hydrogens is 220 g/mol. The van der Waals surface area contributed by atoms with E-state index in [-0.39, 0.29) is 0 Å². The SMILES string of the molecule is CC.CC.COc1ccc2c(c1)CC(C(C)C)C2. The average Bonchev–Trinajstić information content (AvgIpc) is 2.86. The van der Waals surface area contributed by atoms with Crippen molar-refractivity contribution in [1.29, 1.82) is 0 Å². The van der Waals surface area contributed by atoms with Crippen LogP contribution in [0.5, 0.6) is 5.75 Å². The Morgan fingerprint density at radius 2 is 1.56 bits per heavy atom. The quantitative estimate of drug-likeness (QED) is 0.708. The average molecular weight is 250 g/mol. The maximum Gasteiger partial charge on any atom is 0.119 e. The van der Waals surface area contributed by atoms with E-state index in [0.29, 0.717) is 0 Å². The number of fused-ring (bicyclic) bond motifs is 1. The van der Waals surface area contributed by atoms with E-state index in [0.717, 1.165) is 17.6 Å². The summed E-state index contributed by atoms with van der Waals surface area (Å²) in [5, 5.41) is 0. The van der Waals surface area contributed by atoms with Gasteiger partial charge in [-0.1, -0.05) is 47.6 Å². The Morgan fingerprint density at radius 3 is 2.06 bits per heavy atom. The number of ether oxygens (including phenoxy) is 1. The van der Waals surface area contributed by atoms with Crippen LogP contribution < -0.4 is 4.74 Å². The third-order valence-corrected chi connectivity index (χ3v) is 3.32. The topological polar surface area (TPSA) is 9.23 Å². The zero-order valence-electron chi connectivity index (χ0n) is 13.2. The lowest BCUT2D eigenvalue weighted by molar-refractivity contribution is 0.402. The highest BCUT2D eigenvalue weighted by molar-refractivity contribution is 5.39. The Labute approximate surface area is 114 Å². The lowest BCUT2D eigenvalue weighted by Gasteiger charge is -2.12. The molecule has 0 saturated heterocycles. The van der Waals surface area contributed by atoms with Crippen LogP contribution in [-0.4, -0.2) is 7.11 Å². The predicted molar refractivity (Wildman–Crippen MR) is 81.4 cm³/mol. The molecule has 1 aliphatic carbocycles. The lowest BCUT2D eigenvalue weighted by atomic mass is 9.93. The van der Waals surface area contributed by atoms with E-state index in [1.165, 1.54) is 24.0 Å². The van der Waals surface area contributed by atoms with Gasteiger partial charge in [0.15, 0.2) is 0 Å². The molecule has 0 spiro atoms. The van der Waals surface area contributed by atoms with Gasteiger partial charge in [0.1, 0.15) is 5.75 Å². The maximum atomic E-state index is 5.24. The fraction of sp³-hybridized carbons (Fsp3) is 0.647. The summed E-state index contributed by atoms with van der Waals surface area (Å²) in [7, 11) is 1.73. The third-order valence-electron chi connectivity index (χ3n) is 3.32. The van der Waals surface area contributed by atoms with Gasteiger partial charge in [-0.05, 0) is 47.9 Å². The Kier molecular flexibility index (Phi) is 8.53.